The lowest BCUT2D eigenvalue weighted by Gasteiger charge is -2.07. The maximum absolute atomic E-state index is 12.8. The van der Waals surface area contributed by atoms with Gasteiger partial charge in [-0.15, -0.1) is 6.58 Å². The summed E-state index contributed by atoms with van der Waals surface area (Å²) in [6.07, 6.45) is 2.59. The minimum Gasteiger partial charge on any atom is -0.484 e. The molecule has 0 bridgehead atoms. The lowest BCUT2D eigenvalue weighted by atomic mass is 10.2. The maximum Gasteiger partial charge on any atom is 0.262 e. The van der Waals surface area contributed by atoms with Crippen molar-refractivity contribution in [1.29, 1.82) is 0 Å². The number of carbonyl (C=O) groups is 3. The molecule has 2 aromatic carbocycles. The van der Waals surface area contributed by atoms with E-state index in [9.17, 15) is 18.8 Å². The Labute approximate surface area is 172 Å². The number of carbonyl (C=O) groups excluding carboxylic acids is 3. The fourth-order valence-corrected chi connectivity index (χ4v) is 2.14. The molecule has 0 atom stereocenters. The van der Waals surface area contributed by atoms with Gasteiger partial charge < -0.3 is 15.4 Å². The maximum atomic E-state index is 12.8. The van der Waals surface area contributed by atoms with E-state index in [1.54, 1.807) is 24.3 Å². The molecule has 0 heterocycles. The van der Waals surface area contributed by atoms with E-state index in [0.29, 0.717) is 17.0 Å². The molecule has 8 nitrogen and oxygen atoms in total. The molecule has 0 aliphatic heterocycles. The van der Waals surface area contributed by atoms with E-state index in [4.69, 9.17) is 4.74 Å². The van der Waals surface area contributed by atoms with Crippen molar-refractivity contribution in [3.8, 4) is 5.75 Å². The van der Waals surface area contributed by atoms with Gasteiger partial charge in [-0.05, 0) is 54.1 Å². The van der Waals surface area contributed by atoms with Crippen molar-refractivity contribution in [2.45, 2.75) is 6.42 Å². The molecule has 0 saturated heterocycles. The highest BCUT2D eigenvalue weighted by Crippen LogP contribution is 2.12. The zero-order valence-corrected chi connectivity index (χ0v) is 16.1. The summed E-state index contributed by atoms with van der Waals surface area (Å²) < 4.78 is 18.2. The van der Waals surface area contributed by atoms with Crippen LogP contribution < -0.4 is 20.8 Å². The van der Waals surface area contributed by atoms with Gasteiger partial charge in [0.25, 0.3) is 5.91 Å². The van der Waals surface area contributed by atoms with Gasteiger partial charge in [0.2, 0.25) is 11.8 Å². The quantitative estimate of drug-likeness (QED) is 0.240. The van der Waals surface area contributed by atoms with Gasteiger partial charge in [-0.1, -0.05) is 6.08 Å². The van der Waals surface area contributed by atoms with Crippen molar-refractivity contribution in [2.75, 3.05) is 18.5 Å². The van der Waals surface area contributed by atoms with Crippen LogP contribution in [0.5, 0.6) is 5.75 Å². The molecule has 30 heavy (non-hydrogen) atoms. The number of anilines is 1. The van der Waals surface area contributed by atoms with E-state index in [0.717, 1.165) is 0 Å². The zero-order valence-electron chi connectivity index (χ0n) is 16.1. The van der Waals surface area contributed by atoms with Gasteiger partial charge >= 0.3 is 0 Å². The number of ether oxygens (including phenoxy) is 1. The summed E-state index contributed by atoms with van der Waals surface area (Å²) in [4.78, 5) is 34.8. The third-order valence-corrected chi connectivity index (χ3v) is 3.55. The van der Waals surface area contributed by atoms with Crippen LogP contribution in [0.2, 0.25) is 0 Å². The number of amides is 3. The Balaban J connectivity index is 1.73. The van der Waals surface area contributed by atoms with Crippen LogP contribution in [0.25, 0.3) is 0 Å². The summed E-state index contributed by atoms with van der Waals surface area (Å²) >= 11 is 0. The van der Waals surface area contributed by atoms with E-state index in [-0.39, 0.29) is 31.3 Å². The molecule has 0 aromatic heterocycles. The first-order valence-electron chi connectivity index (χ1n) is 8.94. The van der Waals surface area contributed by atoms with Crippen molar-refractivity contribution >= 4 is 29.6 Å². The highest BCUT2D eigenvalue weighted by Gasteiger charge is 2.07. The number of rotatable bonds is 10. The molecule has 0 spiro atoms. The number of nitrogens with one attached hydrogen (secondary N) is 3. The highest BCUT2D eigenvalue weighted by molar-refractivity contribution is 5.97. The van der Waals surface area contributed by atoms with Crippen LogP contribution in [-0.4, -0.2) is 37.1 Å². The summed E-state index contributed by atoms with van der Waals surface area (Å²) in [6, 6.07) is 12.0. The highest BCUT2D eigenvalue weighted by atomic mass is 19.1. The van der Waals surface area contributed by atoms with Crippen molar-refractivity contribution in [3.63, 3.8) is 0 Å². The number of hydrazone groups is 1. The average Bonchev–Trinajstić information content (AvgIpc) is 2.73. The molecule has 3 N–H and O–H groups in total. The van der Waals surface area contributed by atoms with Gasteiger partial charge in [0.15, 0.2) is 6.61 Å². The van der Waals surface area contributed by atoms with E-state index in [2.05, 4.69) is 27.7 Å². The van der Waals surface area contributed by atoms with Crippen LogP contribution in [0.1, 0.15) is 12.0 Å². The van der Waals surface area contributed by atoms with Gasteiger partial charge in [-0.25, -0.2) is 9.82 Å². The third kappa shape index (κ3) is 8.34. The smallest absolute Gasteiger partial charge is 0.262 e. The Morgan fingerprint density at radius 1 is 1.00 bits per heavy atom. The van der Waals surface area contributed by atoms with Crippen LogP contribution in [-0.2, 0) is 14.4 Å². The molecule has 0 fully saturated rings. The molecule has 2 rings (SSSR count). The SMILES string of the molecule is C=CCNC(=O)CC(=O)N/N=C/c1ccc(OCC(=O)Nc2ccc(F)cc2)cc1. The number of hydrogen-bond donors (Lipinski definition) is 3. The summed E-state index contributed by atoms with van der Waals surface area (Å²) in [5.41, 5.74) is 3.40. The summed E-state index contributed by atoms with van der Waals surface area (Å²) in [7, 11) is 0. The van der Waals surface area contributed by atoms with Crippen molar-refractivity contribution in [3.05, 3.63) is 72.6 Å². The molecule has 0 unspecified atom stereocenters. The predicted molar refractivity (Wildman–Crippen MR) is 111 cm³/mol. The lowest BCUT2D eigenvalue weighted by Crippen LogP contribution is -2.29. The Morgan fingerprint density at radius 3 is 2.37 bits per heavy atom. The Kier molecular flexibility index (Phi) is 8.72. The second-order valence-electron chi connectivity index (χ2n) is 5.98. The fraction of sp³-hybridized carbons (Fsp3) is 0.143. The molecule has 156 valence electrons. The first kappa shape index (κ1) is 22.3. The standard InChI is InChI=1S/C21H21FN4O4/c1-2-11-23-19(27)12-20(28)26-24-13-15-3-9-18(10-4-15)30-14-21(29)25-17-7-5-16(22)6-8-17/h2-10,13H,1,11-12,14H2,(H,23,27)(H,25,29)(H,26,28)/b24-13+. The predicted octanol–water partition coefficient (Wildman–Crippen LogP) is 1.99. The topological polar surface area (TPSA) is 109 Å². The minimum atomic E-state index is -0.542. The Morgan fingerprint density at radius 2 is 1.70 bits per heavy atom. The average molecular weight is 412 g/mol. The normalized spacial score (nSPS) is 10.3. The first-order chi connectivity index (χ1) is 14.5. The van der Waals surface area contributed by atoms with Gasteiger partial charge in [0.1, 0.15) is 18.0 Å². The van der Waals surface area contributed by atoms with E-state index in [1.807, 2.05) is 0 Å². The van der Waals surface area contributed by atoms with Gasteiger partial charge in [0.05, 0.1) is 6.21 Å². The first-order valence-corrected chi connectivity index (χ1v) is 8.94. The van der Waals surface area contributed by atoms with Crippen LogP contribution in [0.15, 0.2) is 66.3 Å². The molecule has 2 aromatic rings. The second-order valence-corrected chi connectivity index (χ2v) is 5.98. The number of nitrogens with zero attached hydrogens (tertiary/aromatic N) is 1. The third-order valence-electron chi connectivity index (χ3n) is 3.55. The monoisotopic (exact) mass is 412 g/mol. The molecular formula is C21H21FN4O4. The van der Waals surface area contributed by atoms with Gasteiger partial charge in [-0.2, -0.15) is 5.10 Å². The van der Waals surface area contributed by atoms with Crippen LogP contribution in [0.3, 0.4) is 0 Å². The number of hydrogen-bond acceptors (Lipinski definition) is 5. The Hall–Kier alpha value is -4.01. The van der Waals surface area contributed by atoms with Crippen molar-refractivity contribution < 1.29 is 23.5 Å². The molecular weight excluding hydrogens is 391 g/mol. The summed E-state index contributed by atoms with van der Waals surface area (Å²) in [5.74, 6) is -1.27. The zero-order chi connectivity index (χ0) is 21.8. The lowest BCUT2D eigenvalue weighted by molar-refractivity contribution is -0.129. The fourth-order valence-electron chi connectivity index (χ4n) is 2.14. The molecule has 0 aliphatic carbocycles. The summed E-state index contributed by atoms with van der Waals surface area (Å²) in [5, 5.41) is 8.85. The van der Waals surface area contributed by atoms with Crippen LogP contribution in [0.4, 0.5) is 10.1 Å². The van der Waals surface area contributed by atoms with E-state index < -0.39 is 11.8 Å². The Bertz CT molecular complexity index is 912. The number of halogens is 1. The molecule has 3 amide bonds. The molecule has 0 radical (unpaired) electrons. The number of benzene rings is 2. The largest absolute Gasteiger partial charge is 0.484 e. The van der Waals surface area contributed by atoms with Gasteiger partial charge in [-0.3, -0.25) is 14.4 Å². The van der Waals surface area contributed by atoms with Crippen LogP contribution in [0, 0.1) is 5.82 Å². The van der Waals surface area contributed by atoms with Crippen molar-refractivity contribution in [2.24, 2.45) is 5.10 Å². The van der Waals surface area contributed by atoms with Crippen LogP contribution >= 0.6 is 0 Å². The molecule has 9 heteroatoms. The van der Waals surface area contributed by atoms with Gasteiger partial charge in [0, 0.05) is 12.2 Å². The van der Waals surface area contributed by atoms with E-state index in [1.165, 1.54) is 36.6 Å². The van der Waals surface area contributed by atoms with Crippen molar-refractivity contribution in [1.82, 2.24) is 10.7 Å². The second kappa shape index (κ2) is 11.7. The minimum absolute atomic E-state index is 0.214. The summed E-state index contributed by atoms with van der Waals surface area (Å²) in [6.45, 7) is 3.54. The molecule has 0 saturated carbocycles. The molecule has 0 aliphatic rings. The van der Waals surface area contributed by atoms with E-state index >= 15 is 0 Å².